The number of nitrogens with zero attached hydrogens (tertiary/aromatic N) is 1. The Morgan fingerprint density at radius 1 is 0.886 bits per heavy atom. The van der Waals surface area contributed by atoms with Crippen LogP contribution in [0.15, 0.2) is 66.7 Å². The Hall–Kier alpha value is -3.06. The molecular formula is C28H28ClNO4S. The van der Waals surface area contributed by atoms with E-state index in [0.29, 0.717) is 17.7 Å². The van der Waals surface area contributed by atoms with Crippen molar-refractivity contribution >= 4 is 39.6 Å². The van der Waals surface area contributed by atoms with E-state index in [2.05, 4.69) is 4.90 Å². The second-order valence-electron chi connectivity index (χ2n) is 8.64. The average molecular weight is 510 g/mol. The molecule has 0 amide bonds. The predicted octanol–water partition coefficient (Wildman–Crippen LogP) is 6.50. The minimum atomic E-state index is -0.111. The number of carbonyl (C=O) groups is 1. The van der Waals surface area contributed by atoms with Crippen molar-refractivity contribution in [2.45, 2.75) is 19.3 Å². The van der Waals surface area contributed by atoms with Gasteiger partial charge in [-0.2, -0.15) is 0 Å². The van der Waals surface area contributed by atoms with Crippen molar-refractivity contribution in [3.05, 3.63) is 77.9 Å². The van der Waals surface area contributed by atoms with Gasteiger partial charge in [-0.25, -0.2) is 0 Å². The highest BCUT2D eigenvalue weighted by Crippen LogP contribution is 2.41. The number of ketones is 1. The van der Waals surface area contributed by atoms with Gasteiger partial charge in [-0.05, 0) is 98.2 Å². The van der Waals surface area contributed by atoms with Crippen LogP contribution in [0.5, 0.6) is 17.2 Å². The van der Waals surface area contributed by atoms with E-state index in [-0.39, 0.29) is 29.7 Å². The minimum absolute atomic E-state index is 0. The summed E-state index contributed by atoms with van der Waals surface area (Å²) >= 11 is 1.50. The maximum atomic E-state index is 13.7. The van der Waals surface area contributed by atoms with Gasteiger partial charge in [0.15, 0.2) is 5.78 Å². The second kappa shape index (κ2) is 11.1. The summed E-state index contributed by atoms with van der Waals surface area (Å²) in [6, 6.07) is 19.2. The number of halogens is 1. The highest BCUT2D eigenvalue weighted by molar-refractivity contribution is 7.22. The first-order chi connectivity index (χ1) is 16.6. The third-order valence-corrected chi connectivity index (χ3v) is 7.49. The highest BCUT2D eigenvalue weighted by atomic mass is 35.5. The molecule has 3 aromatic carbocycles. The summed E-state index contributed by atoms with van der Waals surface area (Å²) in [7, 11) is 0. The van der Waals surface area contributed by atoms with Crippen LogP contribution in [-0.2, 0) is 0 Å². The molecule has 1 aliphatic rings. The minimum Gasteiger partial charge on any atom is -0.508 e. The lowest BCUT2D eigenvalue weighted by atomic mass is 9.97. The molecule has 182 valence electrons. The van der Waals surface area contributed by atoms with Gasteiger partial charge in [-0.3, -0.25) is 9.69 Å². The SMILES string of the molecule is Cl.O=C(c1ccc(OCCN2CCCCC2)cc1)c1c(-c2ccc(O)cc2)sc2ccc(O)cc12. The molecule has 0 radical (unpaired) electrons. The second-order valence-corrected chi connectivity index (χ2v) is 9.69. The number of likely N-dealkylation sites (tertiary alicyclic amines) is 1. The van der Waals surface area contributed by atoms with E-state index in [0.717, 1.165) is 45.9 Å². The Morgan fingerprint density at radius 2 is 1.57 bits per heavy atom. The Balaban J connectivity index is 0.00000289. The van der Waals surface area contributed by atoms with Crippen molar-refractivity contribution in [1.82, 2.24) is 4.90 Å². The first-order valence-electron chi connectivity index (χ1n) is 11.6. The fourth-order valence-corrected chi connectivity index (χ4v) is 5.64. The summed E-state index contributed by atoms with van der Waals surface area (Å²) in [6.07, 6.45) is 3.84. The summed E-state index contributed by atoms with van der Waals surface area (Å²) in [5.74, 6) is 0.931. The van der Waals surface area contributed by atoms with E-state index in [1.54, 1.807) is 48.5 Å². The summed E-state index contributed by atoms with van der Waals surface area (Å²) in [4.78, 5) is 16.9. The molecule has 0 saturated carbocycles. The maximum Gasteiger partial charge on any atom is 0.195 e. The van der Waals surface area contributed by atoms with E-state index in [9.17, 15) is 15.0 Å². The van der Waals surface area contributed by atoms with Gasteiger partial charge in [0.1, 0.15) is 23.9 Å². The molecule has 5 nitrogen and oxygen atoms in total. The van der Waals surface area contributed by atoms with E-state index >= 15 is 0 Å². The molecule has 2 N–H and O–H groups in total. The number of fused-ring (bicyclic) bond motifs is 1. The summed E-state index contributed by atoms with van der Waals surface area (Å²) in [6.45, 7) is 3.84. The van der Waals surface area contributed by atoms with Crippen LogP contribution in [0.3, 0.4) is 0 Å². The van der Waals surface area contributed by atoms with Crippen LogP contribution in [0.2, 0.25) is 0 Å². The molecule has 0 aliphatic carbocycles. The van der Waals surface area contributed by atoms with E-state index < -0.39 is 0 Å². The lowest BCUT2D eigenvalue weighted by Gasteiger charge is -2.26. The van der Waals surface area contributed by atoms with E-state index in [1.165, 1.54) is 30.6 Å². The third kappa shape index (κ3) is 5.61. The van der Waals surface area contributed by atoms with Gasteiger partial charge >= 0.3 is 0 Å². The molecule has 1 fully saturated rings. The van der Waals surface area contributed by atoms with Gasteiger partial charge in [0.25, 0.3) is 0 Å². The Kier molecular flexibility index (Phi) is 7.96. The average Bonchev–Trinajstić information content (AvgIpc) is 3.23. The third-order valence-electron chi connectivity index (χ3n) is 6.27. The number of benzene rings is 3. The molecule has 1 saturated heterocycles. The van der Waals surface area contributed by atoms with Gasteiger partial charge in [0.05, 0.1) is 0 Å². The van der Waals surface area contributed by atoms with E-state index in [1.807, 2.05) is 18.2 Å². The molecule has 0 atom stereocenters. The van der Waals surface area contributed by atoms with Gasteiger partial charge in [-0.1, -0.05) is 6.42 Å². The van der Waals surface area contributed by atoms with Gasteiger partial charge in [-0.15, -0.1) is 23.7 Å². The van der Waals surface area contributed by atoms with Crippen molar-refractivity contribution in [1.29, 1.82) is 0 Å². The van der Waals surface area contributed by atoms with Gasteiger partial charge in [0.2, 0.25) is 0 Å². The Bertz CT molecular complexity index is 1300. The fraction of sp³-hybridized carbons (Fsp3) is 0.250. The van der Waals surface area contributed by atoms with Gasteiger partial charge in [0, 0.05) is 32.6 Å². The number of piperidine rings is 1. The zero-order valence-electron chi connectivity index (χ0n) is 19.3. The van der Waals surface area contributed by atoms with Crippen LogP contribution in [0.25, 0.3) is 20.5 Å². The quantitative estimate of drug-likeness (QED) is 0.278. The topological polar surface area (TPSA) is 70.0 Å². The van der Waals surface area contributed by atoms with Crippen LogP contribution in [0.4, 0.5) is 0 Å². The molecule has 7 heteroatoms. The molecule has 1 aromatic heterocycles. The number of hydrogen-bond donors (Lipinski definition) is 2. The monoisotopic (exact) mass is 509 g/mol. The van der Waals surface area contributed by atoms with Crippen LogP contribution in [-0.4, -0.2) is 47.1 Å². The number of aromatic hydroxyl groups is 2. The first-order valence-corrected chi connectivity index (χ1v) is 12.4. The first kappa shape index (κ1) is 25.0. The Labute approximate surface area is 215 Å². The predicted molar refractivity (Wildman–Crippen MR) is 143 cm³/mol. The number of carbonyl (C=O) groups excluding carboxylic acids is 1. The number of phenols is 2. The van der Waals surface area contributed by atoms with Crippen molar-refractivity contribution in [2.24, 2.45) is 0 Å². The van der Waals surface area contributed by atoms with E-state index in [4.69, 9.17) is 4.74 Å². The molecule has 0 spiro atoms. The van der Waals surface area contributed by atoms with Crippen LogP contribution in [0, 0.1) is 0 Å². The Morgan fingerprint density at radius 3 is 2.29 bits per heavy atom. The number of thiophene rings is 1. The zero-order chi connectivity index (χ0) is 23.5. The fourth-order valence-electron chi connectivity index (χ4n) is 4.45. The van der Waals surface area contributed by atoms with Crippen LogP contribution < -0.4 is 4.74 Å². The lowest BCUT2D eigenvalue weighted by molar-refractivity contribution is 0.104. The normalized spacial score (nSPS) is 13.9. The van der Waals surface area contributed by atoms with Gasteiger partial charge < -0.3 is 14.9 Å². The molecule has 35 heavy (non-hydrogen) atoms. The smallest absolute Gasteiger partial charge is 0.195 e. The van der Waals surface area contributed by atoms with Crippen molar-refractivity contribution < 1.29 is 19.7 Å². The largest absolute Gasteiger partial charge is 0.508 e. The number of rotatable bonds is 7. The zero-order valence-corrected chi connectivity index (χ0v) is 20.9. The number of hydrogen-bond acceptors (Lipinski definition) is 6. The highest BCUT2D eigenvalue weighted by Gasteiger charge is 2.22. The molecular weight excluding hydrogens is 482 g/mol. The summed E-state index contributed by atoms with van der Waals surface area (Å²) in [5, 5.41) is 20.5. The molecule has 2 heterocycles. The lowest BCUT2D eigenvalue weighted by Crippen LogP contribution is -2.33. The number of phenolic OH excluding ortho intramolecular Hbond substituents is 2. The maximum absolute atomic E-state index is 13.7. The summed E-state index contributed by atoms with van der Waals surface area (Å²) in [5.41, 5.74) is 1.96. The van der Waals surface area contributed by atoms with Crippen LogP contribution in [0.1, 0.15) is 35.2 Å². The van der Waals surface area contributed by atoms with Crippen molar-refractivity contribution in [3.63, 3.8) is 0 Å². The van der Waals surface area contributed by atoms with Crippen LogP contribution >= 0.6 is 23.7 Å². The molecule has 5 rings (SSSR count). The van der Waals surface area contributed by atoms with Crippen molar-refractivity contribution in [2.75, 3.05) is 26.2 Å². The molecule has 0 unspecified atom stereocenters. The molecule has 0 bridgehead atoms. The molecule has 1 aliphatic heterocycles. The summed E-state index contributed by atoms with van der Waals surface area (Å²) < 4.78 is 6.84. The molecule has 4 aromatic rings. The van der Waals surface area contributed by atoms with Crippen molar-refractivity contribution in [3.8, 4) is 27.7 Å². The number of ether oxygens (including phenoxy) is 1. The standard InChI is InChI=1S/C28H27NO4S.ClH/c30-21-8-4-20(5-9-21)28-26(24-18-22(31)10-13-25(24)34-28)27(32)19-6-11-23(12-7-19)33-17-16-29-14-2-1-3-15-29;/h4-13,18,30-31H,1-3,14-17H2;1H.